The molecule has 128 valence electrons. The summed E-state index contributed by atoms with van der Waals surface area (Å²) >= 11 is 3.70. The van der Waals surface area contributed by atoms with E-state index in [1.165, 1.54) is 49.3 Å². The number of hydrogen-bond acceptors (Lipinski definition) is 3. The molecule has 1 unspecified atom stereocenters. The molecule has 0 saturated carbocycles. The van der Waals surface area contributed by atoms with Gasteiger partial charge < -0.3 is 10.2 Å². The fraction of sp³-hybridized carbons (Fsp3) is 0.526. The van der Waals surface area contributed by atoms with Gasteiger partial charge in [-0.15, -0.1) is 0 Å². The number of anilines is 1. The van der Waals surface area contributed by atoms with E-state index in [1.807, 2.05) is 0 Å². The van der Waals surface area contributed by atoms with E-state index in [1.54, 1.807) is 0 Å². The van der Waals surface area contributed by atoms with Crippen molar-refractivity contribution in [3.05, 3.63) is 40.0 Å². The maximum atomic E-state index is 5.12. The van der Waals surface area contributed by atoms with E-state index < -0.39 is 0 Å². The van der Waals surface area contributed by atoms with Crippen LogP contribution in [-0.2, 0) is 6.42 Å². The molecule has 1 N–H and O–H groups in total. The molecule has 24 heavy (non-hydrogen) atoms. The van der Waals surface area contributed by atoms with E-state index >= 15 is 0 Å². The highest BCUT2D eigenvalue weighted by molar-refractivity contribution is 9.10. The zero-order chi connectivity index (χ0) is 16.5. The van der Waals surface area contributed by atoms with Gasteiger partial charge in [0.15, 0.2) is 0 Å². The number of likely N-dealkylation sites (N-methyl/N-ethyl adjacent to an activating group) is 1. The Morgan fingerprint density at radius 3 is 2.92 bits per heavy atom. The Hall–Kier alpha value is -1.33. The lowest BCUT2D eigenvalue weighted by molar-refractivity contribution is 0.247. The van der Waals surface area contributed by atoms with Gasteiger partial charge in [-0.05, 0) is 73.8 Å². The Morgan fingerprint density at radius 2 is 2.08 bits per heavy atom. The Balaban J connectivity index is 1.81. The van der Waals surface area contributed by atoms with Crippen LogP contribution in [0.5, 0.6) is 0 Å². The molecule has 2 aliphatic rings. The fourth-order valence-electron chi connectivity index (χ4n) is 4.04. The lowest BCUT2D eigenvalue weighted by atomic mass is 9.91. The van der Waals surface area contributed by atoms with E-state index in [0.717, 1.165) is 29.7 Å². The summed E-state index contributed by atoms with van der Waals surface area (Å²) in [6.07, 6.45) is 6.14. The quantitative estimate of drug-likeness (QED) is 0.836. The van der Waals surface area contributed by atoms with Crippen molar-refractivity contribution in [3.63, 3.8) is 0 Å². The lowest BCUT2D eigenvalue weighted by Gasteiger charge is -2.29. The molecule has 1 atom stereocenters. The molecule has 5 heteroatoms. The van der Waals surface area contributed by atoms with Gasteiger partial charge in [0.2, 0.25) is 0 Å². The summed E-state index contributed by atoms with van der Waals surface area (Å²) in [5, 5.41) is 8.78. The Kier molecular flexibility index (Phi) is 4.63. The van der Waals surface area contributed by atoms with Crippen molar-refractivity contribution in [2.45, 2.75) is 38.0 Å². The molecule has 4 nitrogen and oxygen atoms in total. The predicted octanol–water partition coefficient (Wildman–Crippen LogP) is 4.19. The van der Waals surface area contributed by atoms with Gasteiger partial charge in [-0.2, -0.15) is 5.10 Å². The van der Waals surface area contributed by atoms with Crippen LogP contribution in [0.2, 0.25) is 0 Å². The third-order valence-electron chi connectivity index (χ3n) is 5.25. The summed E-state index contributed by atoms with van der Waals surface area (Å²) < 4.78 is 3.22. The second kappa shape index (κ2) is 6.89. The van der Waals surface area contributed by atoms with Gasteiger partial charge in [0, 0.05) is 29.0 Å². The third kappa shape index (κ3) is 3.00. The first kappa shape index (κ1) is 16.2. The average Bonchev–Trinajstić information content (AvgIpc) is 2.77. The van der Waals surface area contributed by atoms with Crippen molar-refractivity contribution in [2.24, 2.45) is 0 Å². The van der Waals surface area contributed by atoms with Crippen LogP contribution in [0.15, 0.2) is 28.7 Å². The molecule has 0 aliphatic carbocycles. The summed E-state index contributed by atoms with van der Waals surface area (Å²) in [5.41, 5.74) is 3.89. The molecule has 0 bridgehead atoms. The van der Waals surface area contributed by atoms with Crippen LogP contribution in [-0.4, -0.2) is 41.4 Å². The highest BCUT2D eigenvalue weighted by Gasteiger charge is 2.28. The number of aromatic nitrogens is 2. The number of likely N-dealkylation sites (tertiary alicyclic amines) is 1. The van der Waals surface area contributed by atoms with Crippen LogP contribution in [0, 0.1) is 0 Å². The lowest BCUT2D eigenvalue weighted by Crippen LogP contribution is -2.31. The highest BCUT2D eigenvalue weighted by Crippen LogP contribution is 2.36. The van der Waals surface area contributed by atoms with Gasteiger partial charge in [0.05, 0.1) is 11.4 Å². The van der Waals surface area contributed by atoms with Crippen LogP contribution in [0.4, 0.5) is 5.82 Å². The van der Waals surface area contributed by atoms with E-state index in [9.17, 15) is 0 Å². The van der Waals surface area contributed by atoms with Crippen LogP contribution in [0.1, 0.15) is 42.9 Å². The zero-order valence-electron chi connectivity index (χ0n) is 14.3. The van der Waals surface area contributed by atoms with Gasteiger partial charge in [-0.25, -0.2) is 4.68 Å². The molecule has 4 rings (SSSR count). The summed E-state index contributed by atoms with van der Waals surface area (Å²) in [4.78, 5) is 2.45. The van der Waals surface area contributed by atoms with Gasteiger partial charge in [-0.3, -0.25) is 0 Å². The molecular weight excluding hydrogens is 364 g/mol. The highest BCUT2D eigenvalue weighted by atomic mass is 79.9. The van der Waals surface area contributed by atoms with Crippen LogP contribution in [0.25, 0.3) is 5.69 Å². The molecule has 1 aromatic carbocycles. The Morgan fingerprint density at radius 1 is 1.21 bits per heavy atom. The number of rotatable bonds is 2. The van der Waals surface area contributed by atoms with Crippen molar-refractivity contribution in [2.75, 3.05) is 32.0 Å². The molecule has 1 fully saturated rings. The topological polar surface area (TPSA) is 33.1 Å². The minimum absolute atomic E-state index is 0.557. The number of nitrogens with zero attached hydrogens (tertiary/aromatic N) is 3. The summed E-state index contributed by atoms with van der Waals surface area (Å²) in [7, 11) is 2.23. The van der Waals surface area contributed by atoms with Crippen molar-refractivity contribution in [1.82, 2.24) is 14.7 Å². The van der Waals surface area contributed by atoms with E-state index in [0.29, 0.717) is 5.92 Å². The summed E-state index contributed by atoms with van der Waals surface area (Å²) in [6, 6.07) is 8.37. The number of fused-ring (bicyclic) bond motifs is 1. The Labute approximate surface area is 152 Å². The van der Waals surface area contributed by atoms with Gasteiger partial charge in [0.25, 0.3) is 0 Å². The first-order valence-electron chi connectivity index (χ1n) is 9.03. The number of para-hydroxylation sites is 1. The van der Waals surface area contributed by atoms with Crippen LogP contribution in [0.3, 0.4) is 0 Å². The van der Waals surface area contributed by atoms with E-state index in [2.05, 4.69) is 62.1 Å². The van der Waals surface area contributed by atoms with Crippen molar-refractivity contribution < 1.29 is 0 Å². The smallest absolute Gasteiger partial charge is 0.133 e. The molecule has 0 radical (unpaired) electrons. The van der Waals surface area contributed by atoms with Crippen molar-refractivity contribution in [1.29, 1.82) is 0 Å². The van der Waals surface area contributed by atoms with Gasteiger partial charge >= 0.3 is 0 Å². The molecule has 3 heterocycles. The minimum atomic E-state index is 0.557. The maximum Gasteiger partial charge on any atom is 0.133 e. The Bertz CT molecular complexity index is 724. The molecule has 1 aromatic heterocycles. The summed E-state index contributed by atoms with van der Waals surface area (Å²) in [5.74, 6) is 1.77. The first-order valence-corrected chi connectivity index (χ1v) is 9.82. The molecule has 0 spiro atoms. The normalized spacial score (nSPS) is 21.8. The predicted molar refractivity (Wildman–Crippen MR) is 102 cm³/mol. The van der Waals surface area contributed by atoms with Crippen molar-refractivity contribution in [3.8, 4) is 5.69 Å². The second-order valence-corrected chi connectivity index (χ2v) is 7.92. The maximum absolute atomic E-state index is 5.12. The number of hydrogen-bond donors (Lipinski definition) is 1. The molecular formula is C19H25BrN4. The first-order chi connectivity index (χ1) is 11.7. The molecule has 0 amide bonds. The van der Waals surface area contributed by atoms with Crippen molar-refractivity contribution >= 4 is 21.7 Å². The molecule has 1 saturated heterocycles. The van der Waals surface area contributed by atoms with Crippen LogP contribution >= 0.6 is 15.9 Å². The van der Waals surface area contributed by atoms with E-state index in [-0.39, 0.29) is 0 Å². The number of piperidine rings is 1. The third-order valence-corrected chi connectivity index (χ3v) is 5.92. The molecule has 2 aromatic rings. The average molecular weight is 389 g/mol. The molecule has 2 aliphatic heterocycles. The van der Waals surface area contributed by atoms with Crippen LogP contribution < -0.4 is 5.32 Å². The monoisotopic (exact) mass is 388 g/mol. The number of nitrogens with one attached hydrogen (secondary N) is 1. The zero-order valence-corrected chi connectivity index (χ0v) is 15.8. The second-order valence-electron chi connectivity index (χ2n) is 7.06. The van der Waals surface area contributed by atoms with E-state index in [4.69, 9.17) is 5.10 Å². The standard InChI is InChI=1S/C19H25BrN4/c1-23-12-6-7-14(13-23)18-15-8-4-5-11-21-19(15)24(22-18)17-10-3-2-9-16(17)20/h2-3,9-10,14,21H,4-8,11-13H2,1H3. The summed E-state index contributed by atoms with van der Waals surface area (Å²) in [6.45, 7) is 3.37. The SMILES string of the molecule is CN1CCCC(c2nn(-c3ccccc3Br)c3c2CCCCN3)C1. The van der Waals surface area contributed by atoms with Gasteiger partial charge in [-0.1, -0.05) is 12.1 Å². The van der Waals surface area contributed by atoms with Gasteiger partial charge in [0.1, 0.15) is 5.82 Å². The fourth-order valence-corrected chi connectivity index (χ4v) is 4.50. The number of halogens is 1. The minimum Gasteiger partial charge on any atom is -0.370 e. The largest absolute Gasteiger partial charge is 0.370 e. The number of benzene rings is 1.